The Bertz CT molecular complexity index is 1010. The van der Waals surface area contributed by atoms with Gasteiger partial charge in [0.15, 0.2) is 11.3 Å². The van der Waals surface area contributed by atoms with Crippen LogP contribution < -0.4 is 10.9 Å². The first-order valence-corrected chi connectivity index (χ1v) is 6.95. The molecule has 132 valence electrons. The maximum atomic E-state index is 12.6. The van der Waals surface area contributed by atoms with Crippen LogP contribution in [0.25, 0.3) is 11.0 Å². The monoisotopic (exact) mass is 355 g/mol. The SMILES string of the molecule is Cn1nc(C(F)(F)F)cc1NC(=O)Cn1cnc2c(cnn2C)c1=O. The van der Waals surface area contributed by atoms with E-state index in [1.165, 1.54) is 24.3 Å². The minimum atomic E-state index is -4.62. The molecule has 1 amide bonds. The van der Waals surface area contributed by atoms with Crippen LogP contribution in [0.2, 0.25) is 0 Å². The average Bonchev–Trinajstić information content (AvgIpc) is 3.06. The number of hydrogen-bond donors (Lipinski definition) is 1. The van der Waals surface area contributed by atoms with Gasteiger partial charge in [0.05, 0.1) is 6.20 Å². The van der Waals surface area contributed by atoms with Crippen LogP contribution in [0, 0.1) is 0 Å². The first kappa shape index (κ1) is 16.7. The molecule has 0 saturated heterocycles. The fourth-order valence-electron chi connectivity index (χ4n) is 2.24. The van der Waals surface area contributed by atoms with Crippen LogP contribution >= 0.6 is 0 Å². The number of aromatic nitrogens is 6. The van der Waals surface area contributed by atoms with Gasteiger partial charge in [-0.3, -0.25) is 23.5 Å². The summed E-state index contributed by atoms with van der Waals surface area (Å²) in [6.45, 7) is -0.413. The molecular weight excluding hydrogens is 343 g/mol. The van der Waals surface area contributed by atoms with Crippen molar-refractivity contribution in [2.75, 3.05) is 5.32 Å². The Balaban J connectivity index is 1.81. The Labute approximate surface area is 137 Å². The molecule has 0 unspecified atom stereocenters. The number of nitrogens with zero attached hydrogens (tertiary/aromatic N) is 6. The van der Waals surface area contributed by atoms with Crippen molar-refractivity contribution in [2.45, 2.75) is 12.7 Å². The van der Waals surface area contributed by atoms with Gasteiger partial charge in [0.2, 0.25) is 5.91 Å². The lowest BCUT2D eigenvalue weighted by Crippen LogP contribution is -2.28. The van der Waals surface area contributed by atoms with Crippen LogP contribution in [0.1, 0.15) is 5.69 Å². The van der Waals surface area contributed by atoms with Gasteiger partial charge >= 0.3 is 6.18 Å². The van der Waals surface area contributed by atoms with Crippen molar-refractivity contribution in [3.05, 3.63) is 34.6 Å². The highest BCUT2D eigenvalue weighted by molar-refractivity contribution is 5.90. The zero-order valence-electron chi connectivity index (χ0n) is 13.1. The highest BCUT2D eigenvalue weighted by Gasteiger charge is 2.34. The molecule has 3 aromatic rings. The zero-order chi connectivity index (χ0) is 18.4. The molecule has 0 aromatic carbocycles. The molecule has 0 aliphatic rings. The van der Waals surface area contributed by atoms with Gasteiger partial charge in [-0.05, 0) is 0 Å². The largest absolute Gasteiger partial charge is 0.435 e. The van der Waals surface area contributed by atoms with Crippen LogP contribution in [-0.2, 0) is 31.6 Å². The molecule has 0 aliphatic heterocycles. The maximum Gasteiger partial charge on any atom is 0.435 e. The van der Waals surface area contributed by atoms with Crippen molar-refractivity contribution >= 4 is 22.8 Å². The van der Waals surface area contributed by atoms with Crippen LogP contribution in [0.15, 0.2) is 23.4 Å². The van der Waals surface area contributed by atoms with E-state index < -0.39 is 29.9 Å². The lowest BCUT2D eigenvalue weighted by atomic mass is 10.4. The van der Waals surface area contributed by atoms with Gasteiger partial charge in [-0.25, -0.2) is 4.98 Å². The quantitative estimate of drug-likeness (QED) is 0.738. The molecule has 0 radical (unpaired) electrons. The van der Waals surface area contributed by atoms with E-state index in [-0.39, 0.29) is 11.2 Å². The Kier molecular flexibility index (Phi) is 3.81. The molecule has 0 bridgehead atoms. The van der Waals surface area contributed by atoms with Crippen molar-refractivity contribution in [1.82, 2.24) is 29.1 Å². The predicted octanol–water partition coefficient (Wildman–Crippen LogP) is 0.521. The summed E-state index contributed by atoms with van der Waals surface area (Å²) < 4.78 is 41.2. The Morgan fingerprint density at radius 1 is 1.28 bits per heavy atom. The molecular formula is C13H12F3N7O2. The third kappa shape index (κ3) is 3.09. The summed E-state index contributed by atoms with van der Waals surface area (Å²) >= 11 is 0. The molecule has 0 atom stereocenters. The lowest BCUT2D eigenvalue weighted by molar-refractivity contribution is -0.141. The molecule has 0 aliphatic carbocycles. The standard InChI is InChI=1S/C13H12F3N7O2/c1-21-9(3-8(20-21)13(14,15)16)19-10(24)5-23-6-17-11-7(12(23)25)4-18-22(11)2/h3-4,6H,5H2,1-2H3,(H,19,24). The summed E-state index contributed by atoms with van der Waals surface area (Å²) in [5, 5.41) is 9.71. The Hall–Kier alpha value is -3.18. The number of amides is 1. The summed E-state index contributed by atoms with van der Waals surface area (Å²) in [7, 11) is 2.88. The number of hydrogen-bond acceptors (Lipinski definition) is 5. The summed E-state index contributed by atoms with van der Waals surface area (Å²) in [6, 6.07) is 0.712. The number of nitrogens with one attached hydrogen (secondary N) is 1. The minimum absolute atomic E-state index is 0.138. The van der Waals surface area contributed by atoms with Crippen LogP contribution in [0.4, 0.5) is 19.0 Å². The van der Waals surface area contributed by atoms with Crippen molar-refractivity contribution < 1.29 is 18.0 Å². The first-order chi connectivity index (χ1) is 11.7. The zero-order valence-corrected chi connectivity index (χ0v) is 13.1. The van der Waals surface area contributed by atoms with Crippen molar-refractivity contribution in [1.29, 1.82) is 0 Å². The topological polar surface area (TPSA) is 99.6 Å². The Morgan fingerprint density at radius 3 is 2.64 bits per heavy atom. The van der Waals surface area contributed by atoms with Gasteiger partial charge in [-0.2, -0.15) is 23.4 Å². The van der Waals surface area contributed by atoms with Crippen LogP contribution in [0.5, 0.6) is 0 Å². The highest BCUT2D eigenvalue weighted by atomic mass is 19.4. The molecule has 25 heavy (non-hydrogen) atoms. The average molecular weight is 355 g/mol. The molecule has 0 fully saturated rings. The second-order valence-electron chi connectivity index (χ2n) is 5.27. The summed E-state index contributed by atoms with van der Waals surface area (Å²) in [6.07, 6.45) is -2.11. The number of carbonyl (C=O) groups is 1. The van der Waals surface area contributed by atoms with Crippen molar-refractivity contribution in [3.63, 3.8) is 0 Å². The molecule has 0 saturated carbocycles. The third-order valence-electron chi connectivity index (χ3n) is 3.47. The molecule has 3 aromatic heterocycles. The van der Waals surface area contributed by atoms with E-state index in [1.54, 1.807) is 7.05 Å². The summed E-state index contributed by atoms with van der Waals surface area (Å²) in [5.41, 5.74) is -1.24. The number of carbonyl (C=O) groups excluding carboxylic acids is 1. The van der Waals surface area contributed by atoms with E-state index in [1.807, 2.05) is 0 Å². The fourth-order valence-corrected chi connectivity index (χ4v) is 2.24. The van der Waals surface area contributed by atoms with E-state index in [4.69, 9.17) is 0 Å². The van der Waals surface area contributed by atoms with E-state index in [9.17, 15) is 22.8 Å². The van der Waals surface area contributed by atoms with E-state index in [2.05, 4.69) is 20.5 Å². The van der Waals surface area contributed by atoms with Gasteiger partial charge in [-0.15, -0.1) is 0 Å². The number of anilines is 1. The number of aryl methyl sites for hydroxylation is 2. The molecule has 9 nitrogen and oxygen atoms in total. The number of fused-ring (bicyclic) bond motifs is 1. The lowest BCUT2D eigenvalue weighted by Gasteiger charge is -2.07. The normalized spacial score (nSPS) is 11.9. The fraction of sp³-hybridized carbons (Fsp3) is 0.308. The van der Waals surface area contributed by atoms with E-state index in [0.717, 1.165) is 9.25 Å². The molecule has 1 N–H and O–H groups in total. The molecule has 3 heterocycles. The van der Waals surface area contributed by atoms with Crippen molar-refractivity contribution in [2.24, 2.45) is 14.1 Å². The summed E-state index contributed by atoms with van der Waals surface area (Å²) in [5.74, 6) is -0.829. The Morgan fingerprint density at radius 2 is 2.00 bits per heavy atom. The van der Waals surface area contributed by atoms with Gasteiger partial charge in [0.25, 0.3) is 5.56 Å². The minimum Gasteiger partial charge on any atom is -0.309 e. The molecule has 0 spiro atoms. The molecule has 12 heteroatoms. The van der Waals surface area contributed by atoms with Gasteiger partial charge in [-0.1, -0.05) is 0 Å². The van der Waals surface area contributed by atoms with E-state index >= 15 is 0 Å². The second kappa shape index (κ2) is 5.72. The number of halogens is 3. The third-order valence-corrected chi connectivity index (χ3v) is 3.47. The maximum absolute atomic E-state index is 12.6. The van der Waals surface area contributed by atoms with Crippen LogP contribution in [-0.4, -0.2) is 35.0 Å². The first-order valence-electron chi connectivity index (χ1n) is 6.95. The second-order valence-corrected chi connectivity index (χ2v) is 5.27. The number of alkyl halides is 3. The van der Waals surface area contributed by atoms with E-state index in [0.29, 0.717) is 11.7 Å². The smallest absolute Gasteiger partial charge is 0.309 e. The van der Waals surface area contributed by atoms with Crippen LogP contribution in [0.3, 0.4) is 0 Å². The number of rotatable bonds is 3. The predicted molar refractivity (Wildman–Crippen MR) is 79.6 cm³/mol. The van der Waals surface area contributed by atoms with Gasteiger partial charge in [0.1, 0.15) is 24.1 Å². The van der Waals surface area contributed by atoms with Gasteiger partial charge in [0, 0.05) is 20.2 Å². The van der Waals surface area contributed by atoms with Crippen molar-refractivity contribution in [3.8, 4) is 0 Å². The van der Waals surface area contributed by atoms with Gasteiger partial charge < -0.3 is 5.32 Å². The highest BCUT2D eigenvalue weighted by Crippen LogP contribution is 2.29. The summed E-state index contributed by atoms with van der Waals surface area (Å²) in [4.78, 5) is 28.3. The molecule has 3 rings (SSSR count).